The number of ether oxygens (including phenoxy) is 1. The Morgan fingerprint density at radius 2 is 1.33 bits per heavy atom. The summed E-state index contributed by atoms with van der Waals surface area (Å²) in [6, 6.07) is 14.1. The molecule has 2 amide bonds. The van der Waals surface area contributed by atoms with Crippen LogP contribution in [0, 0.1) is 0 Å². The third-order valence-electron chi connectivity index (χ3n) is 6.46. The lowest BCUT2D eigenvalue weighted by Crippen LogP contribution is -2.51. The number of alkyl carbamates (subject to hydrolysis) is 1. The Morgan fingerprint density at radius 1 is 0.806 bits per heavy atom. The van der Waals surface area contributed by atoms with E-state index in [-0.39, 0.29) is 18.9 Å². The van der Waals surface area contributed by atoms with Crippen molar-refractivity contribution in [3.05, 3.63) is 59.7 Å². The topological polar surface area (TPSA) is 157 Å². The number of nitrogens with two attached hydrogens (primary N) is 2. The van der Waals surface area contributed by atoms with Crippen molar-refractivity contribution in [3.63, 3.8) is 0 Å². The summed E-state index contributed by atoms with van der Waals surface area (Å²) in [5.41, 5.74) is 15.5. The second kappa shape index (κ2) is 13.6. The van der Waals surface area contributed by atoms with E-state index in [0.29, 0.717) is 45.2 Å². The summed E-state index contributed by atoms with van der Waals surface area (Å²) in [7, 11) is 0. The van der Waals surface area contributed by atoms with E-state index < -0.39 is 30.1 Å². The number of hydrogen-bond donors (Lipinski definition) is 5. The Kier molecular flexibility index (Phi) is 10.3. The standard InChI is InChI=1S/C27H36N4O5/c28-15-7-5-13-23(25(32)30-24(26(33)34)14-6-8-16-29)31-27(35)36-17-22-20-11-3-1-9-18(20)19-10-2-4-12-21(19)22/h1-4,9-12,22-24H,5-8,13-17,28-29H2,(H,30,32)(H,31,35)(H,33,34)/t23-,24+/m1/s1. The summed E-state index contributed by atoms with van der Waals surface area (Å²) < 4.78 is 5.57. The summed E-state index contributed by atoms with van der Waals surface area (Å²) in [4.78, 5) is 37.3. The maximum atomic E-state index is 12.9. The lowest BCUT2D eigenvalue weighted by molar-refractivity contribution is -0.142. The fraction of sp³-hybridized carbons (Fsp3) is 0.444. The highest BCUT2D eigenvalue weighted by atomic mass is 16.5. The number of fused-ring (bicyclic) bond motifs is 3. The highest BCUT2D eigenvalue weighted by Crippen LogP contribution is 2.44. The van der Waals surface area contributed by atoms with Crippen LogP contribution >= 0.6 is 0 Å². The van der Waals surface area contributed by atoms with Gasteiger partial charge in [0.05, 0.1) is 0 Å². The van der Waals surface area contributed by atoms with Crippen LogP contribution in [0.4, 0.5) is 4.79 Å². The van der Waals surface area contributed by atoms with Gasteiger partial charge >= 0.3 is 12.1 Å². The van der Waals surface area contributed by atoms with E-state index >= 15 is 0 Å². The molecule has 0 radical (unpaired) electrons. The van der Waals surface area contributed by atoms with Crippen molar-refractivity contribution in [1.82, 2.24) is 10.6 Å². The van der Waals surface area contributed by atoms with Crippen LogP contribution in [-0.4, -0.2) is 54.9 Å². The Labute approximate surface area is 211 Å². The number of carbonyl (C=O) groups is 3. The van der Waals surface area contributed by atoms with Crippen LogP contribution < -0.4 is 22.1 Å². The van der Waals surface area contributed by atoms with Crippen molar-refractivity contribution in [2.24, 2.45) is 11.5 Å². The molecule has 194 valence electrons. The number of amides is 2. The zero-order valence-electron chi connectivity index (χ0n) is 20.4. The van der Waals surface area contributed by atoms with Crippen LogP contribution in [-0.2, 0) is 14.3 Å². The number of carbonyl (C=O) groups excluding carboxylic acids is 2. The van der Waals surface area contributed by atoms with Crippen molar-refractivity contribution < 1.29 is 24.2 Å². The maximum absolute atomic E-state index is 12.9. The van der Waals surface area contributed by atoms with Crippen molar-refractivity contribution in [2.75, 3.05) is 19.7 Å². The van der Waals surface area contributed by atoms with Crippen LogP contribution in [0.2, 0.25) is 0 Å². The number of unbranched alkanes of at least 4 members (excludes halogenated alkanes) is 2. The van der Waals surface area contributed by atoms with E-state index in [1.165, 1.54) is 0 Å². The van der Waals surface area contributed by atoms with Crippen molar-refractivity contribution in [1.29, 1.82) is 0 Å². The maximum Gasteiger partial charge on any atom is 0.407 e. The average Bonchev–Trinajstić information content (AvgIpc) is 3.20. The van der Waals surface area contributed by atoms with Gasteiger partial charge in [-0.15, -0.1) is 0 Å². The summed E-state index contributed by atoms with van der Waals surface area (Å²) in [6.45, 7) is 1.02. The van der Waals surface area contributed by atoms with Gasteiger partial charge in [0, 0.05) is 5.92 Å². The summed E-state index contributed by atoms with van der Waals surface area (Å²) in [6.07, 6.45) is 2.38. The molecule has 9 heteroatoms. The Balaban J connectivity index is 1.63. The number of rotatable bonds is 14. The van der Waals surface area contributed by atoms with Gasteiger partial charge in [0.15, 0.2) is 0 Å². The highest BCUT2D eigenvalue weighted by molar-refractivity contribution is 5.89. The molecule has 0 heterocycles. The van der Waals surface area contributed by atoms with E-state index in [1.54, 1.807) is 0 Å². The lowest BCUT2D eigenvalue weighted by atomic mass is 9.98. The molecule has 0 bridgehead atoms. The van der Waals surface area contributed by atoms with E-state index in [4.69, 9.17) is 16.2 Å². The molecule has 0 aliphatic heterocycles. The van der Waals surface area contributed by atoms with Gasteiger partial charge in [-0.1, -0.05) is 48.5 Å². The van der Waals surface area contributed by atoms with Gasteiger partial charge in [-0.2, -0.15) is 0 Å². The molecule has 2 atom stereocenters. The zero-order valence-corrected chi connectivity index (χ0v) is 20.4. The number of carboxylic acids is 1. The minimum Gasteiger partial charge on any atom is -0.480 e. The molecule has 0 spiro atoms. The molecular formula is C27H36N4O5. The molecule has 36 heavy (non-hydrogen) atoms. The number of nitrogens with one attached hydrogen (secondary N) is 2. The van der Waals surface area contributed by atoms with Gasteiger partial charge in [-0.25, -0.2) is 9.59 Å². The van der Waals surface area contributed by atoms with Gasteiger partial charge in [0.2, 0.25) is 5.91 Å². The molecule has 0 fully saturated rings. The number of hydrogen-bond acceptors (Lipinski definition) is 6. The summed E-state index contributed by atoms with van der Waals surface area (Å²) >= 11 is 0. The third kappa shape index (κ3) is 7.05. The first-order chi connectivity index (χ1) is 17.5. The molecule has 3 rings (SSSR count). The molecular weight excluding hydrogens is 460 g/mol. The van der Waals surface area contributed by atoms with E-state index in [0.717, 1.165) is 22.3 Å². The molecule has 0 saturated carbocycles. The van der Waals surface area contributed by atoms with Gasteiger partial charge in [0.25, 0.3) is 0 Å². The molecule has 9 nitrogen and oxygen atoms in total. The second-order valence-electron chi connectivity index (χ2n) is 8.99. The third-order valence-corrected chi connectivity index (χ3v) is 6.46. The summed E-state index contributed by atoms with van der Waals surface area (Å²) in [5.74, 6) is -1.78. The summed E-state index contributed by atoms with van der Waals surface area (Å²) in [5, 5.41) is 14.7. The van der Waals surface area contributed by atoms with Crippen LogP contribution in [0.25, 0.3) is 11.1 Å². The zero-order chi connectivity index (χ0) is 25.9. The minimum absolute atomic E-state index is 0.105. The molecule has 1 aliphatic rings. The fourth-order valence-electron chi connectivity index (χ4n) is 4.57. The first-order valence-corrected chi connectivity index (χ1v) is 12.5. The van der Waals surface area contributed by atoms with Crippen LogP contribution in [0.3, 0.4) is 0 Å². The second-order valence-corrected chi connectivity index (χ2v) is 8.99. The van der Waals surface area contributed by atoms with Crippen molar-refractivity contribution in [3.8, 4) is 11.1 Å². The predicted octanol–water partition coefficient (Wildman–Crippen LogP) is 2.72. The van der Waals surface area contributed by atoms with Crippen molar-refractivity contribution >= 4 is 18.0 Å². The quantitative estimate of drug-likeness (QED) is 0.252. The number of benzene rings is 2. The smallest absolute Gasteiger partial charge is 0.407 e. The molecule has 0 unspecified atom stereocenters. The van der Waals surface area contributed by atoms with Crippen LogP contribution in [0.15, 0.2) is 48.5 Å². The molecule has 2 aromatic carbocycles. The molecule has 2 aromatic rings. The molecule has 0 saturated heterocycles. The molecule has 7 N–H and O–H groups in total. The molecule has 1 aliphatic carbocycles. The largest absolute Gasteiger partial charge is 0.480 e. The van der Waals surface area contributed by atoms with Crippen LogP contribution in [0.5, 0.6) is 0 Å². The number of carboxylic acid groups (broad SMARTS) is 1. The first kappa shape index (κ1) is 27.2. The normalized spacial score (nSPS) is 13.8. The predicted molar refractivity (Wildman–Crippen MR) is 137 cm³/mol. The Hall–Kier alpha value is -3.43. The van der Waals surface area contributed by atoms with Gasteiger partial charge in [-0.3, -0.25) is 4.79 Å². The Morgan fingerprint density at radius 3 is 1.86 bits per heavy atom. The average molecular weight is 497 g/mol. The molecule has 0 aromatic heterocycles. The Bertz CT molecular complexity index is 999. The van der Waals surface area contributed by atoms with Crippen LogP contribution in [0.1, 0.15) is 55.6 Å². The van der Waals surface area contributed by atoms with E-state index in [1.807, 2.05) is 36.4 Å². The van der Waals surface area contributed by atoms with Gasteiger partial charge < -0.3 is 31.9 Å². The first-order valence-electron chi connectivity index (χ1n) is 12.5. The fourth-order valence-corrected chi connectivity index (χ4v) is 4.57. The van der Waals surface area contributed by atoms with Gasteiger partial charge in [-0.05, 0) is 73.9 Å². The lowest BCUT2D eigenvalue weighted by Gasteiger charge is -2.22. The minimum atomic E-state index is -1.12. The SMILES string of the molecule is NCCCC[C@H](NC(=O)[C@@H](CCCCN)NC(=O)OCC1c2ccccc2-c2ccccc21)C(=O)O. The highest BCUT2D eigenvalue weighted by Gasteiger charge is 2.30. The van der Waals surface area contributed by atoms with E-state index in [9.17, 15) is 19.5 Å². The van der Waals surface area contributed by atoms with E-state index in [2.05, 4.69) is 22.8 Å². The van der Waals surface area contributed by atoms with Gasteiger partial charge in [0.1, 0.15) is 18.7 Å². The van der Waals surface area contributed by atoms with Crippen molar-refractivity contribution in [2.45, 2.75) is 56.5 Å². The monoisotopic (exact) mass is 496 g/mol. The number of aliphatic carboxylic acids is 1.